The first-order valence-electron chi connectivity index (χ1n) is 9.65. The minimum absolute atomic E-state index is 0.00147. The van der Waals surface area contributed by atoms with E-state index in [4.69, 9.17) is 16.6 Å². The number of aliphatic carboxylic acids is 1. The molecule has 1 saturated heterocycles. The van der Waals surface area contributed by atoms with Gasteiger partial charge in [0.1, 0.15) is 6.04 Å². The number of hydrogen-bond donors (Lipinski definition) is 4. The first-order valence-corrected chi connectivity index (χ1v) is 9.65. The molecule has 0 spiro atoms. The molecule has 3 amide bonds. The number of nitrogens with one attached hydrogen (secondary N) is 1. The van der Waals surface area contributed by atoms with Gasteiger partial charge in [0, 0.05) is 19.5 Å². The summed E-state index contributed by atoms with van der Waals surface area (Å²) in [5.41, 5.74) is 10.5. The van der Waals surface area contributed by atoms with Crippen LogP contribution in [0, 0.1) is 0 Å². The number of carbonyl (C=O) groups is 4. The summed E-state index contributed by atoms with van der Waals surface area (Å²) < 4.78 is 0. The molecule has 0 unspecified atom stereocenters. The predicted octanol–water partition coefficient (Wildman–Crippen LogP) is -0.269. The minimum Gasteiger partial charge on any atom is -0.481 e. The van der Waals surface area contributed by atoms with Gasteiger partial charge in [-0.15, -0.1) is 0 Å². The highest BCUT2D eigenvalue weighted by Crippen LogP contribution is 2.36. The van der Waals surface area contributed by atoms with Crippen LogP contribution in [-0.4, -0.2) is 59.4 Å². The zero-order chi connectivity index (χ0) is 21.4. The lowest BCUT2D eigenvalue weighted by Crippen LogP contribution is -2.56. The van der Waals surface area contributed by atoms with E-state index in [1.807, 2.05) is 30.3 Å². The molecule has 29 heavy (non-hydrogen) atoms. The van der Waals surface area contributed by atoms with Crippen LogP contribution in [-0.2, 0) is 24.6 Å². The first kappa shape index (κ1) is 22.4. The smallest absolute Gasteiger partial charge is 0.305 e. The Morgan fingerprint density at radius 1 is 1.14 bits per heavy atom. The number of rotatable bonds is 9. The average molecular weight is 404 g/mol. The van der Waals surface area contributed by atoms with Crippen molar-refractivity contribution in [2.75, 3.05) is 19.6 Å². The number of nitrogens with zero attached hydrogens (tertiary/aromatic N) is 1. The van der Waals surface area contributed by atoms with Gasteiger partial charge in [-0.1, -0.05) is 30.3 Å². The molecule has 2 rings (SSSR count). The number of primary amides is 1. The highest BCUT2D eigenvalue weighted by molar-refractivity contribution is 5.94. The van der Waals surface area contributed by atoms with E-state index < -0.39 is 35.7 Å². The quantitative estimate of drug-likeness (QED) is 0.444. The van der Waals surface area contributed by atoms with Crippen LogP contribution in [0.1, 0.15) is 37.7 Å². The van der Waals surface area contributed by atoms with E-state index in [1.165, 1.54) is 0 Å². The fourth-order valence-corrected chi connectivity index (χ4v) is 3.65. The van der Waals surface area contributed by atoms with Gasteiger partial charge in [0.2, 0.25) is 17.7 Å². The number of piperidine rings is 1. The lowest BCUT2D eigenvalue weighted by atomic mass is 9.71. The largest absolute Gasteiger partial charge is 0.481 e. The van der Waals surface area contributed by atoms with Crippen molar-refractivity contribution in [2.45, 2.75) is 43.6 Å². The van der Waals surface area contributed by atoms with Crippen molar-refractivity contribution < 1.29 is 24.3 Å². The number of likely N-dealkylation sites (tertiary alicyclic amines) is 1. The number of carboxylic acid groups (broad SMARTS) is 1. The Morgan fingerprint density at radius 2 is 1.76 bits per heavy atom. The zero-order valence-electron chi connectivity index (χ0n) is 16.3. The van der Waals surface area contributed by atoms with E-state index in [1.54, 1.807) is 4.90 Å². The number of carbonyl (C=O) groups excluding carboxylic acids is 3. The number of hydrogen-bond acceptors (Lipinski definition) is 5. The molecule has 9 heteroatoms. The zero-order valence-corrected chi connectivity index (χ0v) is 16.3. The van der Waals surface area contributed by atoms with Crippen LogP contribution in [0.2, 0.25) is 0 Å². The Morgan fingerprint density at radius 3 is 2.28 bits per heavy atom. The first-order chi connectivity index (χ1) is 13.8. The number of amides is 3. The molecule has 6 N–H and O–H groups in total. The summed E-state index contributed by atoms with van der Waals surface area (Å²) in [6, 6.07) is 7.80. The molecular formula is C20H28N4O5. The van der Waals surface area contributed by atoms with Gasteiger partial charge in [0.05, 0.1) is 11.8 Å². The molecule has 0 aliphatic carbocycles. The fourth-order valence-electron chi connectivity index (χ4n) is 3.65. The molecule has 0 radical (unpaired) electrons. The second-order valence-electron chi connectivity index (χ2n) is 7.25. The van der Waals surface area contributed by atoms with Crippen LogP contribution in [0.5, 0.6) is 0 Å². The molecule has 0 bridgehead atoms. The van der Waals surface area contributed by atoms with Crippen molar-refractivity contribution >= 4 is 23.7 Å². The van der Waals surface area contributed by atoms with Gasteiger partial charge < -0.3 is 26.8 Å². The number of benzene rings is 1. The van der Waals surface area contributed by atoms with Crippen molar-refractivity contribution in [1.82, 2.24) is 10.2 Å². The van der Waals surface area contributed by atoms with Crippen molar-refractivity contribution in [1.29, 1.82) is 0 Å². The van der Waals surface area contributed by atoms with Crippen LogP contribution in [0.4, 0.5) is 0 Å². The Kier molecular flexibility index (Phi) is 7.72. The third-order valence-electron chi connectivity index (χ3n) is 5.35. The summed E-state index contributed by atoms with van der Waals surface area (Å²) >= 11 is 0. The fraction of sp³-hybridized carbons (Fsp3) is 0.500. The monoisotopic (exact) mass is 404 g/mol. The maximum absolute atomic E-state index is 13.2. The molecule has 1 atom stereocenters. The van der Waals surface area contributed by atoms with E-state index in [0.29, 0.717) is 45.3 Å². The Bertz CT molecular complexity index is 744. The normalized spacial score (nSPS) is 16.7. The van der Waals surface area contributed by atoms with E-state index >= 15 is 0 Å². The maximum Gasteiger partial charge on any atom is 0.305 e. The summed E-state index contributed by atoms with van der Waals surface area (Å²) in [6.07, 6.45) is 1.10. The Hall–Kier alpha value is -2.94. The molecule has 158 valence electrons. The van der Waals surface area contributed by atoms with Crippen LogP contribution < -0.4 is 16.8 Å². The van der Waals surface area contributed by atoms with Crippen molar-refractivity contribution in [3.8, 4) is 0 Å². The average Bonchev–Trinajstić information content (AvgIpc) is 2.71. The standard InChI is InChI=1S/C20H28N4O5/c21-10-4-7-16(25)24-11-8-20(9-12-24,14-5-2-1-3-6-14)19(29)23-15(18(22)28)13-17(26)27/h1-3,5-6,15H,4,7-13,21H2,(H2,22,28)(H,23,29)(H,26,27)/t15-/m0/s1. The molecule has 0 aromatic heterocycles. The van der Waals surface area contributed by atoms with Crippen LogP contribution in [0.3, 0.4) is 0 Å². The highest BCUT2D eigenvalue weighted by Gasteiger charge is 2.44. The maximum atomic E-state index is 13.2. The molecule has 1 aromatic rings. The molecule has 1 aromatic carbocycles. The van der Waals surface area contributed by atoms with Gasteiger partial charge >= 0.3 is 5.97 Å². The van der Waals surface area contributed by atoms with Crippen LogP contribution >= 0.6 is 0 Å². The van der Waals surface area contributed by atoms with E-state index in [-0.39, 0.29) is 5.91 Å². The van der Waals surface area contributed by atoms with Gasteiger partial charge in [-0.25, -0.2) is 0 Å². The van der Waals surface area contributed by atoms with Crippen molar-refractivity contribution in [3.63, 3.8) is 0 Å². The van der Waals surface area contributed by atoms with Crippen molar-refractivity contribution in [3.05, 3.63) is 35.9 Å². The van der Waals surface area contributed by atoms with E-state index in [0.717, 1.165) is 5.56 Å². The summed E-state index contributed by atoms with van der Waals surface area (Å²) in [4.78, 5) is 49.9. The Balaban J connectivity index is 2.23. The van der Waals surface area contributed by atoms with Gasteiger partial charge in [-0.05, 0) is 31.4 Å². The highest BCUT2D eigenvalue weighted by atomic mass is 16.4. The van der Waals surface area contributed by atoms with Gasteiger partial charge in [0.15, 0.2) is 0 Å². The summed E-state index contributed by atoms with van der Waals surface area (Å²) in [5.74, 6) is -2.59. The SMILES string of the molecule is NCCCC(=O)N1CCC(C(=O)N[C@@H](CC(=O)O)C(N)=O)(c2ccccc2)CC1. The third kappa shape index (κ3) is 5.54. The molecular weight excluding hydrogens is 376 g/mol. The lowest BCUT2D eigenvalue weighted by Gasteiger charge is -2.41. The van der Waals surface area contributed by atoms with Crippen LogP contribution in [0.15, 0.2) is 30.3 Å². The topological polar surface area (TPSA) is 156 Å². The predicted molar refractivity (Wildman–Crippen MR) is 106 cm³/mol. The van der Waals surface area contributed by atoms with E-state index in [9.17, 15) is 19.2 Å². The van der Waals surface area contributed by atoms with Gasteiger partial charge in [-0.3, -0.25) is 19.2 Å². The molecule has 1 heterocycles. The second-order valence-corrected chi connectivity index (χ2v) is 7.25. The minimum atomic E-state index is -1.30. The second kappa shape index (κ2) is 10.0. The lowest BCUT2D eigenvalue weighted by molar-refractivity contribution is -0.141. The molecule has 1 fully saturated rings. The van der Waals surface area contributed by atoms with Gasteiger partial charge in [-0.2, -0.15) is 0 Å². The summed E-state index contributed by atoms with van der Waals surface area (Å²) in [7, 11) is 0. The molecule has 0 saturated carbocycles. The third-order valence-corrected chi connectivity index (χ3v) is 5.35. The summed E-state index contributed by atoms with van der Waals surface area (Å²) in [6.45, 7) is 1.20. The number of nitrogens with two attached hydrogens (primary N) is 2. The van der Waals surface area contributed by atoms with Gasteiger partial charge in [0.25, 0.3) is 0 Å². The van der Waals surface area contributed by atoms with Crippen LogP contribution in [0.25, 0.3) is 0 Å². The summed E-state index contributed by atoms with van der Waals surface area (Å²) in [5, 5.41) is 11.5. The Labute approximate surface area is 169 Å². The number of carboxylic acids is 1. The molecule has 1 aliphatic rings. The molecule has 9 nitrogen and oxygen atoms in total. The molecule has 1 aliphatic heterocycles. The van der Waals surface area contributed by atoms with E-state index in [2.05, 4.69) is 5.32 Å². The van der Waals surface area contributed by atoms with Crippen molar-refractivity contribution in [2.24, 2.45) is 11.5 Å².